The molecule has 392 valence electrons. The fourth-order valence-electron chi connectivity index (χ4n) is 11.6. The Morgan fingerprint density at radius 2 is 1.80 bits per heavy atom. The molecular weight excluding hydrogens is 944 g/mol. The smallest absolute Gasteiger partial charge is 0.227 e. The number of piperidine rings is 1. The lowest BCUT2D eigenvalue weighted by Gasteiger charge is -2.43. The van der Waals surface area contributed by atoms with Crippen LogP contribution < -0.4 is 20.3 Å². The van der Waals surface area contributed by atoms with Crippen LogP contribution in [-0.2, 0) is 35.1 Å². The summed E-state index contributed by atoms with van der Waals surface area (Å²) in [6.07, 6.45) is 20.4. The van der Waals surface area contributed by atoms with E-state index < -0.39 is 17.2 Å². The van der Waals surface area contributed by atoms with Gasteiger partial charge >= 0.3 is 0 Å². The van der Waals surface area contributed by atoms with Crippen molar-refractivity contribution in [3.8, 4) is 5.75 Å². The number of nitrogens with one attached hydrogen (secondary N) is 2. The van der Waals surface area contributed by atoms with Crippen molar-refractivity contribution in [2.24, 2.45) is 35.0 Å². The molecule has 70 heavy (non-hydrogen) atoms. The molecule has 0 spiro atoms. The summed E-state index contributed by atoms with van der Waals surface area (Å²) in [4.78, 5) is 71.3. The molecule has 1 aromatic carbocycles. The summed E-state index contributed by atoms with van der Waals surface area (Å²) in [6.45, 7) is 10.5. The van der Waals surface area contributed by atoms with E-state index in [1.54, 1.807) is 46.7 Å². The fourth-order valence-corrected chi connectivity index (χ4v) is 14.2. The number of aliphatic hydroxyl groups is 1. The first kappa shape index (κ1) is 57.9. The number of likely N-dealkylation sites (N-methyl/N-ethyl adjacent to an activating group) is 1. The number of methoxy groups -OCH3 is 2. The van der Waals surface area contributed by atoms with E-state index >= 15 is 0 Å². The summed E-state index contributed by atoms with van der Waals surface area (Å²) in [6, 6.07) is 4.01. The zero-order chi connectivity index (χ0) is 51.2. The zero-order valence-corrected chi connectivity index (χ0v) is 46.1. The number of hydrogen-bond donors (Lipinski definition) is 3. The van der Waals surface area contributed by atoms with Crippen molar-refractivity contribution in [3.05, 3.63) is 46.5 Å². The molecule has 10 atom stereocenters. The monoisotopic (exact) mass is 1030 g/mol. The minimum absolute atomic E-state index is 0.0165. The highest BCUT2D eigenvalue weighted by Gasteiger charge is 2.60. The number of rotatable bonds is 17. The summed E-state index contributed by atoms with van der Waals surface area (Å²) < 4.78 is 11.4. The molecule has 2 aliphatic heterocycles. The van der Waals surface area contributed by atoms with Gasteiger partial charge in [0.1, 0.15) is 16.9 Å². The number of ketones is 1. The van der Waals surface area contributed by atoms with Gasteiger partial charge in [0.2, 0.25) is 23.6 Å². The molecule has 1 saturated heterocycles. The molecule has 12 nitrogen and oxygen atoms in total. The van der Waals surface area contributed by atoms with Crippen LogP contribution in [0.3, 0.4) is 0 Å². The SMILES string of the molecule is CCCC1CCCCCCCC(NC(=O)CCC(C)SSCCC(=O)N(C)CC(=O)C[C@H]2CC(=O)N(C)c3cc(cc(OC)c3Cl)C/C(C)=C/C=C/[C@@H](OC)[C@@]3(O)C[C@H](CC(=O)N3)[C@@H](C)[C@@H]3C[C@@]23C)C1. The van der Waals surface area contributed by atoms with Gasteiger partial charge in [-0.25, -0.2) is 0 Å². The summed E-state index contributed by atoms with van der Waals surface area (Å²) in [7, 11) is 9.74. The van der Waals surface area contributed by atoms with Crippen LogP contribution in [0.1, 0.15) is 156 Å². The van der Waals surface area contributed by atoms with Crippen LogP contribution >= 0.6 is 33.2 Å². The molecule has 1 aromatic rings. The second-order valence-electron chi connectivity index (χ2n) is 21.5. The standard InChI is InChI=1S/C55H85ClN4O8S2/c1-10-17-39-19-14-12-11-13-15-20-43(27-39)57-49(62)23-22-37(3)70-69-25-24-51(64)59(6)35-44(61)31-42-32-52(65)60(7)46-28-40(29-47(67-8)53(46)56)26-36(2)18-16-21-48(68-9)55(66)33-41(30-50(63)58-55)38(4)45-34-54(42,45)5/h16,18,21,28-29,37-39,41-43,45,48,66H,10-15,17,19-20,22-27,30-35H2,1-9H3,(H,57,62)(H,58,63)/b21-16+,36-18+/t37?,38-,39?,41+,42+,43?,45+,48-,54+,55+/m1/s1. The molecule has 2 saturated carbocycles. The molecule has 2 heterocycles. The Morgan fingerprint density at radius 3 is 2.51 bits per heavy atom. The number of fused-ring (bicyclic) bond motifs is 5. The first-order valence-corrected chi connectivity index (χ1v) is 28.9. The highest BCUT2D eigenvalue weighted by molar-refractivity contribution is 8.76. The first-order valence-electron chi connectivity index (χ1n) is 26.2. The second-order valence-corrected chi connectivity index (χ2v) is 24.8. The number of ether oxygens (including phenoxy) is 2. The lowest BCUT2D eigenvalue weighted by Crippen LogP contribution is -2.61. The van der Waals surface area contributed by atoms with Crippen molar-refractivity contribution in [2.75, 3.05) is 45.5 Å². The van der Waals surface area contributed by atoms with E-state index in [1.807, 2.05) is 31.2 Å². The van der Waals surface area contributed by atoms with Crippen LogP contribution in [0.25, 0.3) is 0 Å². The lowest BCUT2D eigenvalue weighted by molar-refractivity contribution is -0.156. The van der Waals surface area contributed by atoms with Crippen molar-refractivity contribution in [2.45, 2.75) is 180 Å². The Hall–Kier alpha value is -3.04. The molecule has 3 N–H and O–H groups in total. The average molecular weight is 1030 g/mol. The van der Waals surface area contributed by atoms with Gasteiger partial charge in [0.25, 0.3) is 0 Å². The van der Waals surface area contributed by atoms with Crippen LogP contribution in [0.15, 0.2) is 35.9 Å². The normalized spacial score (nSPS) is 30.7. The van der Waals surface area contributed by atoms with Crippen LogP contribution in [0, 0.1) is 35.0 Å². The summed E-state index contributed by atoms with van der Waals surface area (Å²) >= 11 is 6.89. The van der Waals surface area contributed by atoms with Gasteiger partial charge in [-0.15, -0.1) is 0 Å². The second kappa shape index (κ2) is 27.3. The number of amides is 4. The van der Waals surface area contributed by atoms with Crippen molar-refractivity contribution in [1.29, 1.82) is 0 Å². The number of allylic oxidation sites excluding steroid dienone is 3. The van der Waals surface area contributed by atoms with Gasteiger partial charge in [-0.1, -0.05) is 136 Å². The van der Waals surface area contributed by atoms with E-state index in [0.717, 1.165) is 36.8 Å². The molecule has 15 heteroatoms. The molecular formula is C55H85ClN4O8S2. The maximum absolute atomic E-state index is 14.4. The number of Topliss-reactive ketones (excluding diaryl/α,β-unsaturated/α-hetero) is 1. The van der Waals surface area contributed by atoms with Crippen LogP contribution in [0.2, 0.25) is 5.02 Å². The number of halogens is 1. The van der Waals surface area contributed by atoms with E-state index in [4.69, 9.17) is 21.1 Å². The zero-order valence-electron chi connectivity index (χ0n) is 43.7. The van der Waals surface area contributed by atoms with E-state index in [1.165, 1.54) is 70.5 Å². The molecule has 3 fully saturated rings. The third kappa shape index (κ3) is 16.5. The minimum atomic E-state index is -1.63. The summed E-state index contributed by atoms with van der Waals surface area (Å²) in [5.74, 6) is 0.679. The number of anilines is 1. The number of carbonyl (C=O) groups excluding carboxylic acids is 5. The fraction of sp³-hybridized carbons (Fsp3) is 0.727. The van der Waals surface area contributed by atoms with Crippen molar-refractivity contribution in [3.63, 3.8) is 0 Å². The Labute approximate surface area is 432 Å². The number of carbonyl (C=O) groups is 5. The molecule has 4 bridgehead atoms. The summed E-state index contributed by atoms with van der Waals surface area (Å²) in [5, 5.41) is 18.7. The predicted octanol–water partition coefficient (Wildman–Crippen LogP) is 10.7. The number of nitrogens with zero attached hydrogens (tertiary/aromatic N) is 2. The van der Waals surface area contributed by atoms with Gasteiger partial charge < -0.3 is 35.0 Å². The highest BCUT2D eigenvalue weighted by atomic mass is 35.5. The third-order valence-electron chi connectivity index (χ3n) is 15.9. The molecule has 0 aromatic heterocycles. The quantitative estimate of drug-likeness (QED) is 0.101. The average Bonchev–Trinajstić information content (AvgIpc) is 4.01. The molecule has 2 aliphatic carbocycles. The molecule has 4 amide bonds. The highest BCUT2D eigenvalue weighted by Crippen LogP contribution is 2.64. The van der Waals surface area contributed by atoms with E-state index in [2.05, 4.69) is 38.3 Å². The molecule has 0 radical (unpaired) electrons. The topological polar surface area (TPSA) is 155 Å². The van der Waals surface area contributed by atoms with Gasteiger partial charge in [-0.05, 0) is 91.7 Å². The van der Waals surface area contributed by atoms with Gasteiger partial charge in [-0.3, -0.25) is 24.0 Å². The maximum Gasteiger partial charge on any atom is 0.227 e. The minimum Gasteiger partial charge on any atom is -0.495 e. The van der Waals surface area contributed by atoms with Crippen LogP contribution in [0.5, 0.6) is 5.75 Å². The van der Waals surface area contributed by atoms with Gasteiger partial charge in [-0.2, -0.15) is 0 Å². The van der Waals surface area contributed by atoms with E-state index in [9.17, 15) is 29.1 Å². The van der Waals surface area contributed by atoms with E-state index in [-0.39, 0.29) is 103 Å². The summed E-state index contributed by atoms with van der Waals surface area (Å²) in [5.41, 5.74) is 0.313. The van der Waals surface area contributed by atoms with Gasteiger partial charge in [0.15, 0.2) is 11.5 Å². The Balaban J connectivity index is 1.21. The number of hydrogen-bond acceptors (Lipinski definition) is 10. The largest absolute Gasteiger partial charge is 0.495 e. The van der Waals surface area contributed by atoms with Gasteiger partial charge in [0.05, 0.1) is 19.3 Å². The van der Waals surface area contributed by atoms with Crippen LogP contribution in [0.4, 0.5) is 5.69 Å². The van der Waals surface area contributed by atoms with Crippen molar-refractivity contribution >= 4 is 68.3 Å². The Kier molecular flexibility index (Phi) is 22.6. The molecule has 3 unspecified atom stereocenters. The Morgan fingerprint density at radius 1 is 1.07 bits per heavy atom. The van der Waals surface area contributed by atoms with Crippen molar-refractivity contribution in [1.82, 2.24) is 15.5 Å². The number of benzene rings is 1. The molecule has 4 aliphatic rings. The van der Waals surface area contributed by atoms with Crippen LogP contribution in [-0.4, -0.2) is 103 Å². The Bertz CT molecular complexity index is 2020. The molecule has 5 rings (SSSR count). The maximum atomic E-state index is 14.4. The predicted molar refractivity (Wildman–Crippen MR) is 286 cm³/mol. The lowest BCUT2D eigenvalue weighted by atomic mass is 9.73. The van der Waals surface area contributed by atoms with E-state index in [0.29, 0.717) is 41.0 Å². The van der Waals surface area contributed by atoms with Crippen molar-refractivity contribution < 1.29 is 38.6 Å². The van der Waals surface area contributed by atoms with Gasteiger partial charge in [0, 0.05) is 76.8 Å². The third-order valence-corrected chi connectivity index (χ3v) is 19.3. The first-order chi connectivity index (χ1) is 33.3.